The van der Waals surface area contributed by atoms with Crippen molar-refractivity contribution in [2.75, 3.05) is 54.9 Å². The van der Waals surface area contributed by atoms with Crippen molar-refractivity contribution in [3.63, 3.8) is 0 Å². The van der Waals surface area contributed by atoms with Crippen LogP contribution in [-0.4, -0.2) is 55.4 Å². The van der Waals surface area contributed by atoms with Gasteiger partial charge in [-0.2, -0.15) is 0 Å². The van der Waals surface area contributed by atoms with Crippen molar-refractivity contribution in [1.82, 2.24) is 15.3 Å². The topological polar surface area (TPSA) is 91.4 Å². The van der Waals surface area contributed by atoms with Crippen LogP contribution in [0.5, 0.6) is 0 Å². The minimum atomic E-state index is -0.220. The Balaban J connectivity index is 1.43. The Morgan fingerprint density at radius 1 is 1.19 bits per heavy atom. The fourth-order valence-electron chi connectivity index (χ4n) is 2.83. The van der Waals surface area contributed by atoms with Crippen molar-refractivity contribution in [3.05, 3.63) is 41.7 Å². The Morgan fingerprint density at radius 3 is 2.81 bits per heavy atom. The number of nitrogens with zero attached hydrogens (tertiary/aromatic N) is 3. The van der Waals surface area contributed by atoms with Crippen LogP contribution in [0.3, 0.4) is 0 Å². The van der Waals surface area contributed by atoms with Crippen molar-refractivity contribution in [1.29, 1.82) is 0 Å². The van der Waals surface area contributed by atoms with Crippen molar-refractivity contribution >= 4 is 23.4 Å². The van der Waals surface area contributed by atoms with Gasteiger partial charge in [0.05, 0.1) is 13.2 Å². The molecule has 0 aliphatic carbocycles. The highest BCUT2D eigenvalue weighted by Crippen LogP contribution is 2.17. The SMILES string of the molecule is Cc1cccc(NC(=O)NCCNc2cc(N3CCOCC3)ncn2)c1C. The maximum absolute atomic E-state index is 12.1. The van der Waals surface area contributed by atoms with Gasteiger partial charge in [-0.1, -0.05) is 12.1 Å². The number of morpholine rings is 1. The highest BCUT2D eigenvalue weighted by atomic mass is 16.5. The van der Waals surface area contributed by atoms with E-state index in [2.05, 4.69) is 30.8 Å². The smallest absolute Gasteiger partial charge is 0.319 e. The Morgan fingerprint density at radius 2 is 2.00 bits per heavy atom. The zero-order valence-electron chi connectivity index (χ0n) is 15.8. The minimum absolute atomic E-state index is 0.220. The number of carbonyl (C=O) groups excluding carboxylic acids is 1. The molecule has 1 aromatic heterocycles. The number of anilines is 3. The van der Waals surface area contributed by atoms with Crippen LogP contribution in [0.25, 0.3) is 0 Å². The molecule has 3 rings (SSSR count). The van der Waals surface area contributed by atoms with Crippen molar-refractivity contribution < 1.29 is 9.53 Å². The maximum atomic E-state index is 12.1. The van der Waals surface area contributed by atoms with Crippen LogP contribution >= 0.6 is 0 Å². The fraction of sp³-hybridized carbons (Fsp3) is 0.421. The number of benzene rings is 1. The van der Waals surface area contributed by atoms with Gasteiger partial charge in [-0.25, -0.2) is 14.8 Å². The standard InChI is InChI=1S/C19H26N6O2/c1-14-4-3-5-16(15(14)2)24-19(26)21-7-6-20-17-12-18(23-13-22-17)25-8-10-27-11-9-25/h3-5,12-13H,6-11H2,1-2H3,(H,20,22,23)(H2,21,24,26). The molecule has 0 atom stereocenters. The lowest BCUT2D eigenvalue weighted by Crippen LogP contribution is -2.36. The Bertz CT molecular complexity index is 777. The average molecular weight is 370 g/mol. The molecule has 1 fully saturated rings. The van der Waals surface area contributed by atoms with Gasteiger partial charge in [-0.15, -0.1) is 0 Å². The first kappa shape index (κ1) is 18.9. The fourth-order valence-corrected chi connectivity index (χ4v) is 2.83. The van der Waals surface area contributed by atoms with E-state index in [1.807, 2.05) is 38.1 Å². The number of hydrogen-bond donors (Lipinski definition) is 3. The highest BCUT2D eigenvalue weighted by molar-refractivity contribution is 5.90. The number of nitrogens with one attached hydrogen (secondary N) is 3. The summed E-state index contributed by atoms with van der Waals surface area (Å²) in [5.41, 5.74) is 3.04. The largest absolute Gasteiger partial charge is 0.378 e. The summed E-state index contributed by atoms with van der Waals surface area (Å²) in [6.45, 7) is 8.15. The van der Waals surface area contributed by atoms with Crippen LogP contribution in [0.1, 0.15) is 11.1 Å². The molecule has 8 heteroatoms. The molecule has 0 unspecified atom stereocenters. The molecule has 1 aromatic carbocycles. The monoisotopic (exact) mass is 370 g/mol. The molecular weight excluding hydrogens is 344 g/mol. The second-order valence-corrected chi connectivity index (χ2v) is 6.42. The normalized spacial score (nSPS) is 13.9. The van der Waals surface area contributed by atoms with Gasteiger partial charge in [0.1, 0.15) is 18.0 Å². The molecule has 1 saturated heterocycles. The summed E-state index contributed by atoms with van der Waals surface area (Å²) in [6.07, 6.45) is 1.55. The highest BCUT2D eigenvalue weighted by Gasteiger charge is 2.13. The number of hydrogen-bond acceptors (Lipinski definition) is 6. The van der Waals surface area contributed by atoms with E-state index >= 15 is 0 Å². The molecule has 1 aliphatic rings. The van der Waals surface area contributed by atoms with E-state index in [1.165, 1.54) is 0 Å². The summed E-state index contributed by atoms with van der Waals surface area (Å²) < 4.78 is 5.36. The molecular formula is C19H26N6O2. The van der Waals surface area contributed by atoms with E-state index in [4.69, 9.17) is 4.74 Å². The summed E-state index contributed by atoms with van der Waals surface area (Å²) >= 11 is 0. The van der Waals surface area contributed by atoms with Gasteiger partial charge in [-0.05, 0) is 31.0 Å². The molecule has 8 nitrogen and oxygen atoms in total. The average Bonchev–Trinajstić information content (AvgIpc) is 2.70. The third kappa shape index (κ3) is 5.30. The van der Waals surface area contributed by atoms with E-state index in [1.54, 1.807) is 6.33 Å². The summed E-state index contributed by atoms with van der Waals surface area (Å²) in [5.74, 6) is 1.62. The van der Waals surface area contributed by atoms with E-state index in [9.17, 15) is 4.79 Å². The van der Waals surface area contributed by atoms with Gasteiger partial charge in [0.15, 0.2) is 0 Å². The molecule has 2 amide bonds. The Labute approximate surface area is 159 Å². The van der Waals surface area contributed by atoms with Gasteiger partial charge < -0.3 is 25.6 Å². The second kappa shape index (κ2) is 9.18. The van der Waals surface area contributed by atoms with Crippen LogP contribution in [-0.2, 0) is 4.74 Å². The predicted molar refractivity (Wildman–Crippen MR) is 106 cm³/mol. The van der Waals surface area contributed by atoms with Crippen molar-refractivity contribution in [2.45, 2.75) is 13.8 Å². The van der Waals surface area contributed by atoms with Crippen LogP contribution in [0, 0.1) is 13.8 Å². The van der Waals surface area contributed by atoms with E-state index in [0.29, 0.717) is 26.3 Å². The lowest BCUT2D eigenvalue weighted by atomic mass is 10.1. The van der Waals surface area contributed by atoms with Crippen molar-refractivity contribution in [2.24, 2.45) is 0 Å². The van der Waals surface area contributed by atoms with E-state index in [0.717, 1.165) is 41.5 Å². The number of rotatable bonds is 6. The number of aryl methyl sites for hydroxylation is 1. The van der Waals surface area contributed by atoms with Crippen LogP contribution in [0.4, 0.5) is 22.1 Å². The number of carbonyl (C=O) groups is 1. The lowest BCUT2D eigenvalue weighted by molar-refractivity contribution is 0.122. The molecule has 0 saturated carbocycles. The molecule has 0 bridgehead atoms. The second-order valence-electron chi connectivity index (χ2n) is 6.42. The van der Waals surface area contributed by atoms with Gasteiger partial charge in [0, 0.05) is 37.9 Å². The zero-order chi connectivity index (χ0) is 19.1. The van der Waals surface area contributed by atoms with Gasteiger partial charge in [0.25, 0.3) is 0 Å². The van der Waals surface area contributed by atoms with E-state index < -0.39 is 0 Å². The molecule has 0 radical (unpaired) electrons. The summed E-state index contributed by atoms with van der Waals surface area (Å²) in [7, 11) is 0. The van der Waals surface area contributed by atoms with Crippen molar-refractivity contribution in [3.8, 4) is 0 Å². The van der Waals surface area contributed by atoms with Gasteiger partial charge in [0.2, 0.25) is 0 Å². The molecule has 1 aliphatic heterocycles. The minimum Gasteiger partial charge on any atom is -0.378 e. The Kier molecular flexibility index (Phi) is 6.43. The van der Waals surface area contributed by atoms with Crippen LogP contribution in [0.2, 0.25) is 0 Å². The van der Waals surface area contributed by atoms with Crippen LogP contribution in [0.15, 0.2) is 30.6 Å². The van der Waals surface area contributed by atoms with Crippen LogP contribution < -0.4 is 20.9 Å². The first-order valence-corrected chi connectivity index (χ1v) is 9.13. The molecule has 2 heterocycles. The quantitative estimate of drug-likeness (QED) is 0.675. The molecule has 27 heavy (non-hydrogen) atoms. The zero-order valence-corrected chi connectivity index (χ0v) is 15.8. The first-order valence-electron chi connectivity index (χ1n) is 9.13. The number of amides is 2. The number of urea groups is 1. The molecule has 3 N–H and O–H groups in total. The lowest BCUT2D eigenvalue weighted by Gasteiger charge is -2.27. The maximum Gasteiger partial charge on any atom is 0.319 e. The predicted octanol–water partition coefficient (Wildman–Crippen LogP) is 2.16. The third-order valence-electron chi connectivity index (χ3n) is 4.56. The van der Waals surface area contributed by atoms with Gasteiger partial charge >= 0.3 is 6.03 Å². The summed E-state index contributed by atoms with van der Waals surface area (Å²) in [5, 5.41) is 8.94. The van der Waals surface area contributed by atoms with E-state index in [-0.39, 0.29) is 6.03 Å². The molecule has 144 valence electrons. The molecule has 0 spiro atoms. The third-order valence-corrected chi connectivity index (χ3v) is 4.56. The first-order chi connectivity index (χ1) is 13.1. The summed E-state index contributed by atoms with van der Waals surface area (Å²) in [6, 6.07) is 7.55. The Hall–Kier alpha value is -2.87. The number of ether oxygens (including phenoxy) is 1. The molecule has 2 aromatic rings. The summed E-state index contributed by atoms with van der Waals surface area (Å²) in [4.78, 5) is 22.8. The van der Waals surface area contributed by atoms with Gasteiger partial charge in [-0.3, -0.25) is 0 Å². The number of aromatic nitrogens is 2.